The lowest BCUT2D eigenvalue weighted by Gasteiger charge is -1.89. The zero-order valence-electron chi connectivity index (χ0n) is 5.08. The first-order valence-corrected chi connectivity index (χ1v) is 3.66. The predicted octanol–water partition coefficient (Wildman–Crippen LogP) is 1.90. The van der Waals surface area contributed by atoms with Gasteiger partial charge in [0.05, 0.1) is 6.20 Å². The molecule has 1 radical (unpaired) electrons. The number of hydrogen-bond donors (Lipinski definition) is 0. The van der Waals surface area contributed by atoms with Crippen molar-refractivity contribution >= 4 is 21.6 Å². The molecule has 0 atom stereocenters. The van der Waals surface area contributed by atoms with Crippen molar-refractivity contribution in [1.29, 1.82) is 0 Å². The molecule has 0 aliphatic rings. The van der Waals surface area contributed by atoms with E-state index < -0.39 is 0 Å². The molecule has 2 nitrogen and oxygen atoms in total. The third kappa shape index (κ3) is 0.743. The van der Waals surface area contributed by atoms with Crippen LogP contribution in [-0.2, 0) is 0 Å². The number of imidazole rings is 1. The average molecular weight is 196 g/mol. The van der Waals surface area contributed by atoms with Crippen LogP contribution in [0.25, 0.3) is 5.65 Å². The second kappa shape index (κ2) is 2.09. The highest BCUT2D eigenvalue weighted by Crippen LogP contribution is 2.10. The Bertz CT molecular complexity index is 353. The maximum Gasteiger partial charge on any atom is 0.145 e. The highest BCUT2D eigenvalue weighted by atomic mass is 79.9. The molecule has 2 rings (SSSR count). The summed E-state index contributed by atoms with van der Waals surface area (Å²) >= 11 is 3.35. The molecule has 0 saturated heterocycles. The summed E-state index contributed by atoms with van der Waals surface area (Å²) < 4.78 is 2.87. The predicted molar refractivity (Wildman–Crippen MR) is 41.7 cm³/mol. The van der Waals surface area contributed by atoms with Gasteiger partial charge in [-0.2, -0.15) is 0 Å². The quantitative estimate of drug-likeness (QED) is 0.628. The van der Waals surface area contributed by atoms with Gasteiger partial charge < -0.3 is 0 Å². The highest BCUT2D eigenvalue weighted by Gasteiger charge is 1.95. The van der Waals surface area contributed by atoms with Crippen molar-refractivity contribution in [3.8, 4) is 0 Å². The fraction of sp³-hybridized carbons (Fsp3) is 0. The zero-order valence-corrected chi connectivity index (χ0v) is 6.67. The number of aromatic nitrogens is 2. The number of nitrogens with zero attached hydrogens (tertiary/aromatic N) is 2. The molecule has 0 aliphatic heterocycles. The average Bonchev–Trinajstić information content (AvgIpc) is 2.34. The van der Waals surface area contributed by atoms with Crippen molar-refractivity contribution in [1.82, 2.24) is 9.38 Å². The van der Waals surface area contributed by atoms with Crippen LogP contribution in [0, 0.1) is 6.07 Å². The number of fused-ring (bicyclic) bond motifs is 1. The van der Waals surface area contributed by atoms with Crippen LogP contribution in [0.3, 0.4) is 0 Å². The monoisotopic (exact) mass is 195 g/mol. The maximum atomic E-state index is 4.08. The van der Waals surface area contributed by atoms with Gasteiger partial charge in [0.15, 0.2) is 0 Å². The van der Waals surface area contributed by atoms with E-state index in [1.54, 1.807) is 6.20 Å². The number of rotatable bonds is 0. The lowest BCUT2D eigenvalue weighted by molar-refractivity contribution is 1.15. The normalized spacial score (nSPS) is 10.5. The zero-order chi connectivity index (χ0) is 6.97. The van der Waals surface area contributed by atoms with E-state index in [0.29, 0.717) is 0 Å². The van der Waals surface area contributed by atoms with Gasteiger partial charge in [0.1, 0.15) is 10.3 Å². The fourth-order valence-electron chi connectivity index (χ4n) is 0.840. The first-order chi connectivity index (χ1) is 4.88. The largest absolute Gasteiger partial charge is 0.294 e. The Balaban J connectivity index is 2.93. The third-order valence-corrected chi connectivity index (χ3v) is 1.88. The Morgan fingerprint density at radius 2 is 2.50 bits per heavy atom. The van der Waals surface area contributed by atoms with Crippen LogP contribution in [0.15, 0.2) is 29.1 Å². The van der Waals surface area contributed by atoms with Gasteiger partial charge in [0.25, 0.3) is 0 Å². The minimum absolute atomic E-state index is 0.842. The Labute approximate surface area is 66.6 Å². The summed E-state index contributed by atoms with van der Waals surface area (Å²) in [5, 5.41) is 0. The van der Waals surface area contributed by atoms with Crippen molar-refractivity contribution in [3.05, 3.63) is 35.2 Å². The van der Waals surface area contributed by atoms with Crippen molar-refractivity contribution in [2.45, 2.75) is 0 Å². The number of pyridine rings is 1. The molecule has 0 aromatic carbocycles. The Kier molecular flexibility index (Phi) is 1.24. The lowest BCUT2D eigenvalue weighted by atomic mass is 10.5. The second-order valence-electron chi connectivity index (χ2n) is 1.93. The molecule has 10 heavy (non-hydrogen) atoms. The molecular weight excluding hydrogens is 192 g/mol. The molecule has 2 heterocycles. The molecule has 2 aromatic rings. The van der Waals surface area contributed by atoms with Gasteiger partial charge in [-0.1, -0.05) is 0 Å². The van der Waals surface area contributed by atoms with E-state index in [4.69, 9.17) is 0 Å². The van der Waals surface area contributed by atoms with Gasteiger partial charge in [0.2, 0.25) is 0 Å². The van der Waals surface area contributed by atoms with Gasteiger partial charge in [-0.25, -0.2) is 4.98 Å². The molecular formula is C7H4BrN2. The topological polar surface area (TPSA) is 17.3 Å². The van der Waals surface area contributed by atoms with Crippen LogP contribution < -0.4 is 0 Å². The van der Waals surface area contributed by atoms with Crippen LogP contribution >= 0.6 is 15.9 Å². The number of halogens is 1. The number of hydrogen-bond acceptors (Lipinski definition) is 1. The SMILES string of the molecule is Brc1cnc2[c]cccn12. The molecule has 0 saturated carbocycles. The molecule has 2 aromatic heterocycles. The summed E-state index contributed by atoms with van der Waals surface area (Å²) in [6.07, 6.45) is 3.69. The molecule has 0 fully saturated rings. The van der Waals surface area contributed by atoms with E-state index in [2.05, 4.69) is 27.0 Å². The molecule has 0 aliphatic carbocycles. The lowest BCUT2D eigenvalue weighted by Crippen LogP contribution is -1.80. The van der Waals surface area contributed by atoms with Gasteiger partial charge in [0, 0.05) is 12.3 Å². The first-order valence-electron chi connectivity index (χ1n) is 2.87. The summed E-state index contributed by atoms with van der Waals surface area (Å²) in [4.78, 5) is 4.08. The Hall–Kier alpha value is -0.830. The molecule has 49 valence electrons. The molecule has 0 bridgehead atoms. The summed E-state index contributed by atoms with van der Waals surface area (Å²) in [6, 6.07) is 6.75. The first kappa shape index (κ1) is 5.92. The van der Waals surface area contributed by atoms with Crippen LogP contribution in [-0.4, -0.2) is 9.38 Å². The maximum absolute atomic E-state index is 4.08. The summed E-state index contributed by atoms with van der Waals surface area (Å²) in [5.74, 6) is 0. The summed E-state index contributed by atoms with van der Waals surface area (Å²) in [6.45, 7) is 0. The third-order valence-electron chi connectivity index (χ3n) is 1.30. The molecule has 0 N–H and O–H groups in total. The van der Waals surface area contributed by atoms with Gasteiger partial charge >= 0.3 is 0 Å². The standard InChI is InChI=1S/C7H4BrN2/c8-6-5-9-7-3-1-2-4-10(6)7/h1-2,4-5H. The van der Waals surface area contributed by atoms with Crippen LogP contribution in [0.1, 0.15) is 0 Å². The van der Waals surface area contributed by atoms with Gasteiger partial charge in [-0.05, 0) is 28.1 Å². The van der Waals surface area contributed by atoms with Crippen LogP contribution in [0.2, 0.25) is 0 Å². The van der Waals surface area contributed by atoms with E-state index in [1.165, 1.54) is 0 Å². The van der Waals surface area contributed by atoms with Gasteiger partial charge in [-0.15, -0.1) is 0 Å². The van der Waals surface area contributed by atoms with Crippen molar-refractivity contribution in [2.75, 3.05) is 0 Å². The molecule has 3 heteroatoms. The van der Waals surface area contributed by atoms with E-state index in [-0.39, 0.29) is 0 Å². The van der Waals surface area contributed by atoms with Crippen molar-refractivity contribution in [2.24, 2.45) is 0 Å². The Morgan fingerprint density at radius 3 is 3.30 bits per heavy atom. The minimum Gasteiger partial charge on any atom is -0.294 e. The van der Waals surface area contributed by atoms with Crippen LogP contribution in [0.4, 0.5) is 0 Å². The summed E-state index contributed by atoms with van der Waals surface area (Å²) in [7, 11) is 0. The highest BCUT2D eigenvalue weighted by molar-refractivity contribution is 9.10. The molecule has 0 spiro atoms. The van der Waals surface area contributed by atoms with Crippen LogP contribution in [0.5, 0.6) is 0 Å². The molecule has 0 amide bonds. The summed E-state index contributed by atoms with van der Waals surface area (Å²) in [5.41, 5.74) is 0.842. The molecule has 0 unspecified atom stereocenters. The van der Waals surface area contributed by atoms with E-state index in [1.807, 2.05) is 22.7 Å². The van der Waals surface area contributed by atoms with Gasteiger partial charge in [-0.3, -0.25) is 4.40 Å². The second-order valence-corrected chi connectivity index (χ2v) is 2.74. The van der Waals surface area contributed by atoms with E-state index >= 15 is 0 Å². The van der Waals surface area contributed by atoms with E-state index in [0.717, 1.165) is 10.3 Å². The smallest absolute Gasteiger partial charge is 0.145 e. The fourth-order valence-corrected chi connectivity index (χ4v) is 1.23. The van der Waals surface area contributed by atoms with Crippen molar-refractivity contribution in [3.63, 3.8) is 0 Å². The van der Waals surface area contributed by atoms with Crippen molar-refractivity contribution < 1.29 is 0 Å². The minimum atomic E-state index is 0.842. The van der Waals surface area contributed by atoms with E-state index in [9.17, 15) is 0 Å². The Morgan fingerprint density at radius 1 is 1.60 bits per heavy atom.